The number of hydrogen-bond acceptors (Lipinski definition) is 1. The molecule has 110 valence electrons. The standard InChI is InChI=1S/C17H17Cl2NO/c1-11-5-3-6-13(12(2)9-11)10-20-17(21)14-7-4-8-15(18)16(14)19/h3-4,6-9H,5,10H2,1-2H3,(H,20,21). The van der Waals surface area contributed by atoms with E-state index in [1.807, 2.05) is 6.92 Å². The van der Waals surface area contributed by atoms with Crippen molar-refractivity contribution in [1.82, 2.24) is 5.32 Å². The van der Waals surface area contributed by atoms with E-state index in [-0.39, 0.29) is 10.9 Å². The molecule has 4 heteroatoms. The monoisotopic (exact) mass is 321 g/mol. The van der Waals surface area contributed by atoms with Crippen molar-refractivity contribution in [2.75, 3.05) is 6.54 Å². The fourth-order valence-corrected chi connectivity index (χ4v) is 2.57. The Morgan fingerprint density at radius 1 is 1.29 bits per heavy atom. The molecule has 1 aromatic rings. The smallest absolute Gasteiger partial charge is 0.253 e. The maximum absolute atomic E-state index is 12.2. The first-order chi connectivity index (χ1) is 9.99. The van der Waals surface area contributed by atoms with Crippen LogP contribution < -0.4 is 5.32 Å². The van der Waals surface area contributed by atoms with Crippen molar-refractivity contribution in [2.45, 2.75) is 20.3 Å². The van der Waals surface area contributed by atoms with Gasteiger partial charge >= 0.3 is 0 Å². The molecule has 1 aliphatic rings. The third-order valence-corrected chi connectivity index (χ3v) is 4.18. The molecule has 0 spiro atoms. The first kappa shape index (κ1) is 15.9. The van der Waals surface area contributed by atoms with Crippen LogP contribution in [-0.4, -0.2) is 12.5 Å². The lowest BCUT2D eigenvalue weighted by molar-refractivity contribution is 0.0957. The maximum Gasteiger partial charge on any atom is 0.253 e. The number of halogens is 2. The van der Waals surface area contributed by atoms with Gasteiger partial charge in [-0.3, -0.25) is 4.79 Å². The second-order valence-corrected chi connectivity index (χ2v) is 5.87. The van der Waals surface area contributed by atoms with Gasteiger partial charge in [0.05, 0.1) is 15.6 Å². The third-order valence-electron chi connectivity index (χ3n) is 3.36. The summed E-state index contributed by atoms with van der Waals surface area (Å²) >= 11 is 12.0. The van der Waals surface area contributed by atoms with Gasteiger partial charge in [0, 0.05) is 6.54 Å². The lowest BCUT2D eigenvalue weighted by atomic mass is 10.1. The fraction of sp³-hybridized carbons (Fsp3) is 0.235. The maximum atomic E-state index is 12.2. The van der Waals surface area contributed by atoms with Gasteiger partial charge in [0.2, 0.25) is 0 Å². The number of benzene rings is 1. The number of nitrogens with one attached hydrogen (secondary N) is 1. The molecular formula is C17H17Cl2NO. The van der Waals surface area contributed by atoms with Gasteiger partial charge in [0.15, 0.2) is 0 Å². The van der Waals surface area contributed by atoms with Crippen molar-refractivity contribution < 1.29 is 4.79 Å². The summed E-state index contributed by atoms with van der Waals surface area (Å²) in [5.74, 6) is -0.221. The number of amides is 1. The van der Waals surface area contributed by atoms with Crippen LogP contribution in [0.3, 0.4) is 0 Å². The van der Waals surface area contributed by atoms with Crippen LogP contribution >= 0.6 is 23.2 Å². The highest BCUT2D eigenvalue weighted by atomic mass is 35.5. The summed E-state index contributed by atoms with van der Waals surface area (Å²) in [6, 6.07) is 5.04. The predicted molar refractivity (Wildman–Crippen MR) is 89.0 cm³/mol. The van der Waals surface area contributed by atoms with E-state index in [2.05, 4.69) is 30.5 Å². The Labute approximate surface area is 135 Å². The van der Waals surface area contributed by atoms with E-state index in [9.17, 15) is 4.79 Å². The average molecular weight is 322 g/mol. The van der Waals surface area contributed by atoms with Gasteiger partial charge < -0.3 is 5.32 Å². The van der Waals surface area contributed by atoms with Crippen LogP contribution in [0, 0.1) is 0 Å². The quantitative estimate of drug-likeness (QED) is 0.838. The molecule has 0 saturated heterocycles. The summed E-state index contributed by atoms with van der Waals surface area (Å²) in [4.78, 5) is 12.2. The second kappa shape index (κ2) is 6.97. The number of hydrogen-bond donors (Lipinski definition) is 1. The lowest BCUT2D eigenvalue weighted by Crippen LogP contribution is -2.26. The Balaban J connectivity index is 2.11. The molecule has 0 aromatic heterocycles. The first-order valence-corrected chi connectivity index (χ1v) is 7.50. The molecular weight excluding hydrogens is 305 g/mol. The van der Waals surface area contributed by atoms with Gasteiger partial charge in [0.25, 0.3) is 5.91 Å². The summed E-state index contributed by atoms with van der Waals surface area (Å²) in [7, 11) is 0. The minimum atomic E-state index is -0.221. The van der Waals surface area contributed by atoms with E-state index in [4.69, 9.17) is 23.2 Å². The minimum absolute atomic E-state index is 0.221. The van der Waals surface area contributed by atoms with E-state index in [0.717, 1.165) is 12.0 Å². The van der Waals surface area contributed by atoms with Crippen LogP contribution in [0.4, 0.5) is 0 Å². The SMILES string of the molecule is CC1=CC(C)=C(CNC(=O)c2cccc(Cl)c2Cl)C=CC1. The molecule has 0 atom stereocenters. The van der Waals surface area contributed by atoms with Crippen molar-refractivity contribution in [2.24, 2.45) is 0 Å². The van der Waals surface area contributed by atoms with E-state index in [1.165, 1.54) is 11.1 Å². The van der Waals surface area contributed by atoms with Gasteiger partial charge in [-0.2, -0.15) is 0 Å². The first-order valence-electron chi connectivity index (χ1n) is 6.74. The zero-order valence-electron chi connectivity index (χ0n) is 12.0. The summed E-state index contributed by atoms with van der Waals surface area (Å²) < 4.78 is 0. The zero-order chi connectivity index (χ0) is 15.4. The molecule has 2 nitrogen and oxygen atoms in total. The fourth-order valence-electron chi connectivity index (χ4n) is 2.19. The van der Waals surface area contributed by atoms with Crippen molar-refractivity contribution in [1.29, 1.82) is 0 Å². The number of rotatable bonds is 3. The molecule has 0 radical (unpaired) electrons. The lowest BCUT2D eigenvalue weighted by Gasteiger charge is -2.09. The highest BCUT2D eigenvalue weighted by molar-refractivity contribution is 6.43. The summed E-state index contributed by atoms with van der Waals surface area (Å²) in [6.07, 6.45) is 7.25. The molecule has 0 heterocycles. The molecule has 1 N–H and O–H groups in total. The topological polar surface area (TPSA) is 29.1 Å². The molecule has 1 aromatic carbocycles. The van der Waals surface area contributed by atoms with Crippen LogP contribution in [0.25, 0.3) is 0 Å². The highest BCUT2D eigenvalue weighted by Crippen LogP contribution is 2.25. The summed E-state index contributed by atoms with van der Waals surface area (Å²) in [6.45, 7) is 4.61. The molecule has 21 heavy (non-hydrogen) atoms. The zero-order valence-corrected chi connectivity index (χ0v) is 13.6. The van der Waals surface area contributed by atoms with Crippen molar-refractivity contribution >= 4 is 29.1 Å². The van der Waals surface area contributed by atoms with Gasteiger partial charge in [-0.25, -0.2) is 0 Å². The predicted octanol–water partition coefficient (Wildman–Crippen LogP) is 4.95. The van der Waals surface area contributed by atoms with E-state index >= 15 is 0 Å². The van der Waals surface area contributed by atoms with Gasteiger partial charge in [-0.1, -0.05) is 53.1 Å². The molecule has 0 fully saturated rings. The van der Waals surface area contributed by atoms with Gasteiger partial charge in [-0.05, 0) is 43.5 Å². The van der Waals surface area contributed by atoms with Gasteiger partial charge in [0.1, 0.15) is 0 Å². The molecule has 0 aliphatic heterocycles. The summed E-state index contributed by atoms with van der Waals surface area (Å²) in [5, 5.41) is 3.56. The molecule has 1 amide bonds. The average Bonchev–Trinajstić information content (AvgIpc) is 2.60. The van der Waals surface area contributed by atoms with Crippen molar-refractivity contribution in [3.05, 3.63) is 68.8 Å². The Morgan fingerprint density at radius 3 is 2.81 bits per heavy atom. The second-order valence-electron chi connectivity index (χ2n) is 5.09. The normalized spacial score (nSPS) is 14.8. The number of carbonyl (C=O) groups is 1. The van der Waals surface area contributed by atoms with E-state index in [1.54, 1.807) is 18.2 Å². The van der Waals surface area contributed by atoms with Crippen LogP contribution in [0.5, 0.6) is 0 Å². The van der Waals surface area contributed by atoms with Crippen molar-refractivity contribution in [3.63, 3.8) is 0 Å². The Bertz CT molecular complexity index is 657. The largest absolute Gasteiger partial charge is 0.348 e. The van der Waals surface area contributed by atoms with Crippen LogP contribution in [-0.2, 0) is 0 Å². The van der Waals surface area contributed by atoms with E-state index < -0.39 is 0 Å². The Kier molecular flexibility index (Phi) is 5.27. The van der Waals surface area contributed by atoms with Crippen molar-refractivity contribution in [3.8, 4) is 0 Å². The number of carbonyl (C=O) groups excluding carboxylic acids is 1. The molecule has 0 saturated carbocycles. The summed E-state index contributed by atoms with van der Waals surface area (Å²) in [5.41, 5.74) is 3.96. The minimum Gasteiger partial charge on any atom is -0.348 e. The van der Waals surface area contributed by atoms with Gasteiger partial charge in [-0.15, -0.1) is 0 Å². The third kappa shape index (κ3) is 3.99. The number of allylic oxidation sites excluding steroid dienone is 4. The Hall–Kier alpha value is -1.51. The molecule has 2 rings (SSSR count). The van der Waals surface area contributed by atoms with E-state index in [0.29, 0.717) is 17.1 Å². The Morgan fingerprint density at radius 2 is 2.05 bits per heavy atom. The van der Waals surface area contributed by atoms with Crippen LogP contribution in [0.2, 0.25) is 10.0 Å². The highest BCUT2D eigenvalue weighted by Gasteiger charge is 2.13. The molecule has 1 aliphatic carbocycles. The van der Waals surface area contributed by atoms with Crippen LogP contribution in [0.15, 0.2) is 53.1 Å². The van der Waals surface area contributed by atoms with Crippen LogP contribution in [0.1, 0.15) is 30.6 Å². The molecule has 0 unspecified atom stereocenters. The molecule has 0 bridgehead atoms.